The number of hydrogen-bond donors (Lipinski definition) is 1. The van der Waals surface area contributed by atoms with Crippen LogP contribution in [0.2, 0.25) is 0 Å². The normalized spacial score (nSPS) is 16.6. The lowest BCUT2D eigenvalue weighted by molar-refractivity contribution is -0.139. The number of carbonyl (C=O) groups is 1. The van der Waals surface area contributed by atoms with Gasteiger partial charge in [-0.3, -0.25) is 4.90 Å². The smallest absolute Gasteiger partial charge is 0.338 e. The fourth-order valence-electron chi connectivity index (χ4n) is 3.16. The molecule has 146 valence electrons. The third-order valence-electron chi connectivity index (χ3n) is 4.51. The van der Waals surface area contributed by atoms with Crippen molar-refractivity contribution in [3.8, 4) is 5.75 Å². The molecule has 3 rings (SSSR count). The number of hydrogen-bond acceptors (Lipinski definition) is 4. The van der Waals surface area contributed by atoms with Crippen molar-refractivity contribution < 1.29 is 18.7 Å². The van der Waals surface area contributed by atoms with Crippen molar-refractivity contribution in [1.29, 1.82) is 0 Å². The predicted octanol–water partition coefficient (Wildman–Crippen LogP) is 4.11. The van der Waals surface area contributed by atoms with Crippen molar-refractivity contribution in [2.45, 2.75) is 19.9 Å². The number of thiocarbonyl (C=S) groups is 1. The van der Waals surface area contributed by atoms with E-state index in [0.29, 0.717) is 27.8 Å². The maximum absolute atomic E-state index is 13.3. The molecule has 1 atom stereocenters. The molecule has 0 amide bonds. The van der Waals surface area contributed by atoms with Crippen LogP contribution in [0.3, 0.4) is 0 Å². The number of halogens is 1. The number of methoxy groups -OCH3 is 1. The zero-order valence-electron chi connectivity index (χ0n) is 15.9. The Kier molecular flexibility index (Phi) is 5.94. The van der Waals surface area contributed by atoms with Crippen molar-refractivity contribution >= 4 is 29.0 Å². The topological polar surface area (TPSA) is 50.8 Å². The fraction of sp³-hybridized carbons (Fsp3) is 0.238. The average molecular weight is 400 g/mol. The molecular formula is C21H21FN2O3S. The molecule has 0 saturated carbocycles. The van der Waals surface area contributed by atoms with Gasteiger partial charge < -0.3 is 14.8 Å². The number of ether oxygens (including phenoxy) is 2. The number of nitrogens with zero attached hydrogens (tertiary/aromatic N) is 1. The lowest BCUT2D eigenvalue weighted by atomic mass is 9.94. The molecule has 5 nitrogen and oxygen atoms in total. The summed E-state index contributed by atoms with van der Waals surface area (Å²) in [7, 11) is 1.59. The van der Waals surface area contributed by atoms with Crippen LogP contribution in [0, 0.1) is 5.82 Å². The van der Waals surface area contributed by atoms with Gasteiger partial charge in [0.1, 0.15) is 11.6 Å². The van der Waals surface area contributed by atoms with Crippen molar-refractivity contribution in [1.82, 2.24) is 5.32 Å². The van der Waals surface area contributed by atoms with E-state index < -0.39 is 12.0 Å². The van der Waals surface area contributed by atoms with E-state index in [4.69, 9.17) is 21.7 Å². The van der Waals surface area contributed by atoms with Gasteiger partial charge in [-0.25, -0.2) is 9.18 Å². The Morgan fingerprint density at radius 1 is 1.18 bits per heavy atom. The van der Waals surface area contributed by atoms with E-state index in [1.54, 1.807) is 38.0 Å². The van der Waals surface area contributed by atoms with Crippen molar-refractivity contribution in [3.63, 3.8) is 0 Å². The van der Waals surface area contributed by atoms with Crippen LogP contribution in [-0.2, 0) is 9.53 Å². The molecule has 0 spiro atoms. The number of benzene rings is 2. The van der Waals surface area contributed by atoms with Gasteiger partial charge in [-0.05, 0) is 68.0 Å². The van der Waals surface area contributed by atoms with Crippen LogP contribution in [-0.4, -0.2) is 24.8 Å². The highest BCUT2D eigenvalue weighted by molar-refractivity contribution is 7.80. The van der Waals surface area contributed by atoms with Gasteiger partial charge in [-0.2, -0.15) is 0 Å². The highest BCUT2D eigenvalue weighted by Crippen LogP contribution is 2.34. The minimum Gasteiger partial charge on any atom is -0.497 e. The van der Waals surface area contributed by atoms with E-state index in [1.165, 1.54) is 12.1 Å². The first-order valence-corrected chi connectivity index (χ1v) is 9.25. The van der Waals surface area contributed by atoms with Gasteiger partial charge in [0.2, 0.25) is 0 Å². The van der Waals surface area contributed by atoms with Gasteiger partial charge in [-0.1, -0.05) is 12.1 Å². The molecule has 0 radical (unpaired) electrons. The summed E-state index contributed by atoms with van der Waals surface area (Å²) in [6.07, 6.45) is 0. The Labute approximate surface area is 168 Å². The Bertz CT molecular complexity index is 910. The van der Waals surface area contributed by atoms with Gasteiger partial charge >= 0.3 is 5.97 Å². The standard InChI is InChI=1S/C21H21FN2O3S/c1-4-27-20(25)18-13(2)24(16-9-7-15(22)8-10-16)21(28)23-19(18)14-5-11-17(26-3)12-6-14/h5-12,19H,4H2,1-3H3,(H,23,28)/t19-/m1/s1. The van der Waals surface area contributed by atoms with Crippen molar-refractivity contribution in [2.24, 2.45) is 0 Å². The molecule has 0 fully saturated rings. The van der Waals surface area contributed by atoms with Gasteiger partial charge in [0.05, 0.1) is 25.3 Å². The Morgan fingerprint density at radius 2 is 1.82 bits per heavy atom. The molecule has 1 N–H and O–H groups in total. The monoisotopic (exact) mass is 400 g/mol. The third-order valence-corrected chi connectivity index (χ3v) is 4.81. The molecule has 2 aromatic rings. The molecule has 7 heteroatoms. The van der Waals surface area contributed by atoms with Crippen LogP contribution in [0.25, 0.3) is 0 Å². The number of esters is 1. The molecule has 0 aliphatic carbocycles. The summed E-state index contributed by atoms with van der Waals surface area (Å²) in [5.41, 5.74) is 2.59. The molecule has 0 aromatic heterocycles. The van der Waals surface area contributed by atoms with Crippen LogP contribution >= 0.6 is 12.2 Å². The molecular weight excluding hydrogens is 379 g/mol. The minimum absolute atomic E-state index is 0.256. The van der Waals surface area contributed by atoms with E-state index in [1.807, 2.05) is 24.3 Å². The molecule has 1 heterocycles. The molecule has 0 unspecified atom stereocenters. The van der Waals surface area contributed by atoms with E-state index in [2.05, 4.69) is 5.32 Å². The first-order valence-electron chi connectivity index (χ1n) is 8.84. The zero-order chi connectivity index (χ0) is 20.3. The quantitative estimate of drug-likeness (QED) is 0.602. The molecule has 28 heavy (non-hydrogen) atoms. The van der Waals surface area contributed by atoms with Crippen LogP contribution < -0.4 is 15.0 Å². The van der Waals surface area contributed by atoms with E-state index in [-0.39, 0.29) is 12.4 Å². The maximum atomic E-state index is 13.3. The van der Waals surface area contributed by atoms with Gasteiger partial charge in [0.15, 0.2) is 5.11 Å². The second-order valence-corrected chi connectivity index (χ2v) is 6.57. The first kappa shape index (κ1) is 19.8. The van der Waals surface area contributed by atoms with Gasteiger partial charge in [0, 0.05) is 11.4 Å². The van der Waals surface area contributed by atoms with Crippen LogP contribution in [0.5, 0.6) is 5.75 Å². The van der Waals surface area contributed by atoms with Gasteiger partial charge in [-0.15, -0.1) is 0 Å². The summed E-state index contributed by atoms with van der Waals surface area (Å²) >= 11 is 5.56. The minimum atomic E-state index is -0.464. The first-order chi connectivity index (χ1) is 13.5. The summed E-state index contributed by atoms with van der Waals surface area (Å²) in [4.78, 5) is 14.5. The molecule has 0 bridgehead atoms. The Hall–Kier alpha value is -2.93. The molecule has 0 saturated heterocycles. The fourth-order valence-corrected chi connectivity index (χ4v) is 3.52. The molecule has 1 aliphatic rings. The third kappa shape index (κ3) is 3.84. The second-order valence-electron chi connectivity index (χ2n) is 6.19. The summed E-state index contributed by atoms with van der Waals surface area (Å²) in [6.45, 7) is 3.82. The van der Waals surface area contributed by atoms with E-state index >= 15 is 0 Å². The highest BCUT2D eigenvalue weighted by atomic mass is 32.1. The number of rotatable bonds is 5. The number of carbonyl (C=O) groups excluding carboxylic acids is 1. The lowest BCUT2D eigenvalue weighted by Gasteiger charge is -2.37. The van der Waals surface area contributed by atoms with Gasteiger partial charge in [0.25, 0.3) is 0 Å². The van der Waals surface area contributed by atoms with Crippen molar-refractivity contribution in [2.75, 3.05) is 18.6 Å². The number of allylic oxidation sites excluding steroid dienone is 1. The predicted molar refractivity (Wildman–Crippen MR) is 110 cm³/mol. The van der Waals surface area contributed by atoms with Crippen LogP contribution in [0.15, 0.2) is 59.8 Å². The zero-order valence-corrected chi connectivity index (χ0v) is 16.7. The summed E-state index contributed by atoms with van der Waals surface area (Å²) in [6, 6.07) is 12.9. The number of nitrogens with one attached hydrogen (secondary N) is 1. The highest BCUT2D eigenvalue weighted by Gasteiger charge is 2.35. The lowest BCUT2D eigenvalue weighted by Crippen LogP contribution is -2.48. The molecule has 2 aromatic carbocycles. The maximum Gasteiger partial charge on any atom is 0.338 e. The van der Waals surface area contributed by atoms with E-state index in [0.717, 1.165) is 5.56 Å². The largest absolute Gasteiger partial charge is 0.497 e. The SMILES string of the molecule is CCOC(=O)C1=C(C)N(c2ccc(F)cc2)C(=S)N[C@@H]1c1ccc(OC)cc1. The Morgan fingerprint density at radius 3 is 2.39 bits per heavy atom. The van der Waals surface area contributed by atoms with Crippen LogP contribution in [0.4, 0.5) is 10.1 Å². The van der Waals surface area contributed by atoms with Crippen molar-refractivity contribution in [3.05, 3.63) is 71.2 Å². The summed E-state index contributed by atoms with van der Waals surface area (Å²) < 4.78 is 23.8. The molecule has 1 aliphatic heterocycles. The van der Waals surface area contributed by atoms with E-state index in [9.17, 15) is 9.18 Å². The number of anilines is 1. The average Bonchev–Trinajstić information content (AvgIpc) is 2.69. The van der Waals surface area contributed by atoms with Crippen LogP contribution in [0.1, 0.15) is 25.5 Å². The second kappa shape index (κ2) is 8.39. The Balaban J connectivity index is 2.09. The summed E-state index contributed by atoms with van der Waals surface area (Å²) in [5, 5.41) is 3.63. The summed E-state index contributed by atoms with van der Waals surface area (Å²) in [5.74, 6) is -0.0561.